The fourth-order valence-electron chi connectivity index (χ4n) is 2.02. The Morgan fingerprint density at radius 1 is 1.17 bits per heavy atom. The van der Waals surface area contributed by atoms with Gasteiger partial charge in [0, 0.05) is 23.0 Å². The van der Waals surface area contributed by atoms with Gasteiger partial charge in [-0.1, -0.05) is 25.1 Å². The number of rotatable bonds is 7. The van der Waals surface area contributed by atoms with Gasteiger partial charge in [-0.3, -0.25) is 9.59 Å². The van der Waals surface area contributed by atoms with Gasteiger partial charge in [0.15, 0.2) is 0 Å². The second-order valence-corrected chi connectivity index (χ2v) is 6.54. The van der Waals surface area contributed by atoms with Crippen LogP contribution < -0.4 is 10.6 Å². The molecule has 0 fully saturated rings. The molecule has 0 bridgehead atoms. The van der Waals surface area contributed by atoms with Gasteiger partial charge in [0.25, 0.3) is 5.91 Å². The van der Waals surface area contributed by atoms with E-state index in [1.807, 2.05) is 43.5 Å². The van der Waals surface area contributed by atoms with Crippen molar-refractivity contribution >= 4 is 23.2 Å². The third kappa shape index (κ3) is 5.53. The third-order valence-corrected chi connectivity index (χ3v) is 4.49. The highest BCUT2D eigenvalue weighted by Gasteiger charge is 2.08. The minimum Gasteiger partial charge on any atom is -0.352 e. The Hall–Kier alpha value is -2.14. The van der Waals surface area contributed by atoms with E-state index in [0.717, 1.165) is 16.9 Å². The number of hydrogen-bond acceptors (Lipinski definition) is 3. The second-order valence-electron chi connectivity index (χ2n) is 5.51. The van der Waals surface area contributed by atoms with E-state index >= 15 is 0 Å². The van der Waals surface area contributed by atoms with Crippen LogP contribution >= 0.6 is 11.3 Å². The fraction of sp³-hybridized carbons (Fsp3) is 0.333. The molecule has 122 valence electrons. The predicted molar refractivity (Wildman–Crippen MR) is 93.5 cm³/mol. The number of nitrogens with one attached hydrogen (secondary N) is 2. The Bertz CT molecular complexity index is 636. The van der Waals surface area contributed by atoms with Crippen LogP contribution in [0.2, 0.25) is 0 Å². The molecule has 0 aliphatic carbocycles. The number of benzene rings is 1. The number of amides is 2. The first-order valence-electron chi connectivity index (χ1n) is 7.77. The second kappa shape index (κ2) is 8.48. The average molecular weight is 330 g/mol. The van der Waals surface area contributed by atoms with Gasteiger partial charge in [-0.25, -0.2) is 0 Å². The summed E-state index contributed by atoms with van der Waals surface area (Å²) in [6.07, 6.45) is 1.31. The van der Waals surface area contributed by atoms with Crippen molar-refractivity contribution in [1.82, 2.24) is 10.6 Å². The average Bonchev–Trinajstić information content (AvgIpc) is 3.06. The zero-order chi connectivity index (χ0) is 16.7. The minimum absolute atomic E-state index is 0.00559. The molecule has 0 aliphatic heterocycles. The first-order chi connectivity index (χ1) is 11.1. The van der Waals surface area contributed by atoms with Crippen LogP contribution in [0.4, 0.5) is 0 Å². The van der Waals surface area contributed by atoms with Crippen LogP contribution in [0.5, 0.6) is 0 Å². The molecular weight excluding hydrogens is 308 g/mol. The molecule has 0 aliphatic rings. The highest BCUT2D eigenvalue weighted by atomic mass is 32.1. The molecule has 1 heterocycles. The molecule has 2 N–H and O–H groups in total. The summed E-state index contributed by atoms with van der Waals surface area (Å²) in [5.41, 5.74) is 1.61. The van der Waals surface area contributed by atoms with Crippen molar-refractivity contribution in [3.05, 3.63) is 57.8 Å². The molecule has 2 amide bonds. The highest BCUT2D eigenvalue weighted by molar-refractivity contribution is 7.10. The lowest BCUT2D eigenvalue weighted by molar-refractivity contribution is -0.120. The summed E-state index contributed by atoms with van der Waals surface area (Å²) in [4.78, 5) is 24.9. The first kappa shape index (κ1) is 17.2. The van der Waals surface area contributed by atoms with Gasteiger partial charge in [-0.2, -0.15) is 0 Å². The van der Waals surface area contributed by atoms with Crippen molar-refractivity contribution < 1.29 is 9.59 Å². The molecule has 4 nitrogen and oxygen atoms in total. The number of thiophene rings is 1. The van der Waals surface area contributed by atoms with Crippen LogP contribution in [0.25, 0.3) is 0 Å². The molecule has 0 saturated carbocycles. The van der Waals surface area contributed by atoms with E-state index in [9.17, 15) is 9.59 Å². The maximum atomic E-state index is 12.0. The van der Waals surface area contributed by atoms with Gasteiger partial charge in [-0.15, -0.1) is 11.3 Å². The van der Waals surface area contributed by atoms with Crippen LogP contribution in [0.1, 0.15) is 41.1 Å². The third-order valence-electron chi connectivity index (χ3n) is 3.61. The summed E-state index contributed by atoms with van der Waals surface area (Å²) in [7, 11) is 0. The Morgan fingerprint density at radius 2 is 1.91 bits per heavy atom. The molecule has 0 spiro atoms. The normalized spacial score (nSPS) is 11.7. The summed E-state index contributed by atoms with van der Waals surface area (Å²) >= 11 is 1.58. The van der Waals surface area contributed by atoms with Gasteiger partial charge in [-0.05, 0) is 42.5 Å². The van der Waals surface area contributed by atoms with Gasteiger partial charge >= 0.3 is 0 Å². The monoisotopic (exact) mass is 330 g/mol. The molecule has 1 aromatic heterocycles. The van der Waals surface area contributed by atoms with Crippen molar-refractivity contribution in [3.8, 4) is 0 Å². The quantitative estimate of drug-likeness (QED) is 0.819. The van der Waals surface area contributed by atoms with Crippen LogP contribution in [-0.4, -0.2) is 17.9 Å². The van der Waals surface area contributed by atoms with E-state index < -0.39 is 0 Å². The summed E-state index contributed by atoms with van der Waals surface area (Å²) < 4.78 is 0. The van der Waals surface area contributed by atoms with Gasteiger partial charge in [0.1, 0.15) is 0 Å². The molecule has 0 radical (unpaired) electrons. The van der Waals surface area contributed by atoms with Crippen molar-refractivity contribution in [1.29, 1.82) is 0 Å². The maximum Gasteiger partial charge on any atom is 0.251 e. The molecule has 23 heavy (non-hydrogen) atoms. The van der Waals surface area contributed by atoms with Crippen molar-refractivity contribution in [3.63, 3.8) is 0 Å². The Morgan fingerprint density at radius 3 is 2.52 bits per heavy atom. The molecule has 0 unspecified atom stereocenters. The standard InChI is InChI=1S/C18H22N2O2S/c1-3-13(2)20-18(22)15-8-6-14(7-9-15)12-19-17(21)11-16-5-4-10-23-16/h4-10,13H,3,11-12H2,1-2H3,(H,19,21)(H,20,22)/t13-/m0/s1. The summed E-state index contributed by atoms with van der Waals surface area (Å²) in [6, 6.07) is 11.4. The van der Waals surface area contributed by atoms with E-state index in [-0.39, 0.29) is 17.9 Å². The van der Waals surface area contributed by atoms with E-state index in [0.29, 0.717) is 18.5 Å². The lowest BCUT2D eigenvalue weighted by Gasteiger charge is -2.11. The molecule has 5 heteroatoms. The maximum absolute atomic E-state index is 12.0. The smallest absolute Gasteiger partial charge is 0.251 e. The Kier molecular flexibility index (Phi) is 6.35. The lowest BCUT2D eigenvalue weighted by Crippen LogP contribution is -2.31. The SMILES string of the molecule is CC[C@H](C)NC(=O)c1ccc(CNC(=O)Cc2cccs2)cc1. The summed E-state index contributed by atoms with van der Waals surface area (Å²) in [5, 5.41) is 7.79. The van der Waals surface area contributed by atoms with Crippen LogP contribution in [0.15, 0.2) is 41.8 Å². The van der Waals surface area contributed by atoms with Crippen LogP contribution in [0, 0.1) is 0 Å². The van der Waals surface area contributed by atoms with Crippen LogP contribution in [-0.2, 0) is 17.8 Å². The molecule has 1 atom stereocenters. The van der Waals surface area contributed by atoms with E-state index in [1.165, 1.54) is 0 Å². The van der Waals surface area contributed by atoms with Crippen molar-refractivity contribution in [2.45, 2.75) is 39.3 Å². The van der Waals surface area contributed by atoms with E-state index in [1.54, 1.807) is 23.5 Å². The summed E-state index contributed by atoms with van der Waals surface area (Å²) in [5.74, 6) is -0.0568. The topological polar surface area (TPSA) is 58.2 Å². The Balaban J connectivity index is 1.82. The van der Waals surface area contributed by atoms with Gasteiger partial charge in [0.2, 0.25) is 5.91 Å². The molecule has 2 aromatic rings. The van der Waals surface area contributed by atoms with Gasteiger partial charge < -0.3 is 10.6 Å². The predicted octanol–water partition coefficient (Wildman–Crippen LogP) is 3.14. The lowest BCUT2D eigenvalue weighted by atomic mass is 10.1. The zero-order valence-electron chi connectivity index (χ0n) is 13.5. The van der Waals surface area contributed by atoms with Crippen molar-refractivity contribution in [2.75, 3.05) is 0 Å². The van der Waals surface area contributed by atoms with Gasteiger partial charge in [0.05, 0.1) is 6.42 Å². The Labute approximate surface area is 140 Å². The highest BCUT2D eigenvalue weighted by Crippen LogP contribution is 2.09. The zero-order valence-corrected chi connectivity index (χ0v) is 14.3. The van der Waals surface area contributed by atoms with Crippen LogP contribution in [0.3, 0.4) is 0 Å². The fourth-order valence-corrected chi connectivity index (χ4v) is 2.72. The van der Waals surface area contributed by atoms with E-state index in [4.69, 9.17) is 0 Å². The number of carbonyl (C=O) groups is 2. The van der Waals surface area contributed by atoms with E-state index in [2.05, 4.69) is 10.6 Å². The molecular formula is C18H22N2O2S. The minimum atomic E-state index is -0.0624. The summed E-state index contributed by atoms with van der Waals surface area (Å²) in [6.45, 7) is 4.49. The molecule has 0 saturated heterocycles. The first-order valence-corrected chi connectivity index (χ1v) is 8.65. The molecule has 2 rings (SSSR count). The van der Waals surface area contributed by atoms with Crippen molar-refractivity contribution in [2.24, 2.45) is 0 Å². The largest absolute Gasteiger partial charge is 0.352 e. The number of carbonyl (C=O) groups excluding carboxylic acids is 2. The molecule has 1 aromatic carbocycles. The number of hydrogen-bond donors (Lipinski definition) is 2.